The van der Waals surface area contributed by atoms with Gasteiger partial charge in [0, 0.05) is 6.61 Å². The monoisotopic (exact) mass is 178 g/mol. The van der Waals surface area contributed by atoms with E-state index in [1.807, 2.05) is 0 Å². The molecule has 1 aliphatic heterocycles. The molecule has 0 bridgehead atoms. The molecule has 1 rings (SSSR count). The molecule has 2 unspecified atom stereocenters. The highest BCUT2D eigenvalue weighted by Crippen LogP contribution is 2.15. The van der Waals surface area contributed by atoms with Gasteiger partial charge in [-0.15, -0.1) is 0 Å². The van der Waals surface area contributed by atoms with E-state index in [0.717, 1.165) is 0 Å². The van der Waals surface area contributed by atoms with Crippen molar-refractivity contribution in [3.8, 4) is 0 Å². The summed E-state index contributed by atoms with van der Waals surface area (Å²) < 4.78 is 9.90. The van der Waals surface area contributed by atoms with Crippen molar-refractivity contribution in [2.24, 2.45) is 0 Å². The molecule has 5 nitrogen and oxygen atoms in total. The van der Waals surface area contributed by atoms with Crippen LogP contribution >= 0.6 is 0 Å². The molecule has 0 amide bonds. The molecule has 5 heteroatoms. The number of hydrogen-bond donors (Lipinski definition) is 3. The van der Waals surface area contributed by atoms with Crippen molar-refractivity contribution in [3.63, 3.8) is 0 Å². The van der Waals surface area contributed by atoms with Crippen molar-refractivity contribution in [3.05, 3.63) is 0 Å². The van der Waals surface area contributed by atoms with E-state index >= 15 is 0 Å². The second-order valence-corrected chi connectivity index (χ2v) is 2.71. The van der Waals surface area contributed by atoms with Crippen LogP contribution in [-0.4, -0.2) is 53.1 Å². The molecule has 0 aromatic rings. The van der Waals surface area contributed by atoms with E-state index < -0.39 is 24.6 Å². The average molecular weight is 178 g/mol. The van der Waals surface area contributed by atoms with Crippen molar-refractivity contribution in [1.82, 2.24) is 0 Å². The predicted molar refractivity (Wildman–Crippen MR) is 39.4 cm³/mol. The molecule has 0 spiro atoms. The maximum absolute atomic E-state index is 9.28. The lowest BCUT2D eigenvalue weighted by molar-refractivity contribution is -0.268. The molecule has 12 heavy (non-hydrogen) atoms. The lowest BCUT2D eigenvalue weighted by atomic mass is 10.1. The summed E-state index contributed by atoms with van der Waals surface area (Å²) in [5.41, 5.74) is 0. The zero-order valence-corrected chi connectivity index (χ0v) is 6.88. The van der Waals surface area contributed by atoms with Gasteiger partial charge in [0.25, 0.3) is 0 Å². The van der Waals surface area contributed by atoms with E-state index in [0.29, 0.717) is 6.61 Å². The van der Waals surface area contributed by atoms with Gasteiger partial charge in [0.05, 0.1) is 6.61 Å². The molecular weight excluding hydrogens is 164 g/mol. The van der Waals surface area contributed by atoms with Crippen molar-refractivity contribution in [2.45, 2.75) is 31.5 Å². The maximum Gasteiger partial charge on any atom is 0.186 e. The van der Waals surface area contributed by atoms with Crippen molar-refractivity contribution in [2.75, 3.05) is 13.2 Å². The highest BCUT2D eigenvalue weighted by Gasteiger charge is 2.37. The minimum absolute atomic E-state index is 0.0110. The van der Waals surface area contributed by atoms with Crippen LogP contribution in [0.4, 0.5) is 0 Å². The average Bonchev–Trinajstić information content (AvgIpc) is 2.07. The molecule has 0 radical (unpaired) electrons. The van der Waals surface area contributed by atoms with Gasteiger partial charge in [-0.1, -0.05) is 0 Å². The van der Waals surface area contributed by atoms with E-state index in [9.17, 15) is 10.2 Å². The van der Waals surface area contributed by atoms with Gasteiger partial charge in [0.1, 0.15) is 18.3 Å². The van der Waals surface area contributed by atoms with Crippen LogP contribution in [0.15, 0.2) is 0 Å². The van der Waals surface area contributed by atoms with Crippen LogP contribution in [-0.2, 0) is 9.47 Å². The predicted octanol–water partition coefficient (Wildman–Crippen LogP) is -1.54. The van der Waals surface area contributed by atoms with Gasteiger partial charge in [0.2, 0.25) is 0 Å². The number of aliphatic hydroxyl groups excluding tert-OH is 3. The zero-order valence-electron chi connectivity index (χ0n) is 6.88. The van der Waals surface area contributed by atoms with E-state index in [-0.39, 0.29) is 6.61 Å². The molecule has 3 N–H and O–H groups in total. The summed E-state index contributed by atoms with van der Waals surface area (Å²) in [6.45, 7) is 2.14. The first-order valence-electron chi connectivity index (χ1n) is 3.94. The second kappa shape index (κ2) is 4.15. The van der Waals surface area contributed by atoms with E-state index in [2.05, 4.69) is 0 Å². The number of hydrogen-bond acceptors (Lipinski definition) is 5. The van der Waals surface area contributed by atoms with Crippen LogP contribution in [0, 0.1) is 0 Å². The maximum atomic E-state index is 9.28. The first-order chi connectivity index (χ1) is 5.66. The van der Waals surface area contributed by atoms with Crippen molar-refractivity contribution >= 4 is 0 Å². The van der Waals surface area contributed by atoms with Gasteiger partial charge in [-0.3, -0.25) is 0 Å². The Labute approximate surface area is 70.5 Å². The van der Waals surface area contributed by atoms with Crippen LogP contribution < -0.4 is 0 Å². The quantitative estimate of drug-likeness (QED) is 0.477. The molecule has 1 fully saturated rings. The summed E-state index contributed by atoms with van der Waals surface area (Å²) in [4.78, 5) is 0. The van der Waals surface area contributed by atoms with Gasteiger partial charge in [0.15, 0.2) is 6.29 Å². The number of ether oxygens (including phenoxy) is 2. The fraction of sp³-hybridized carbons (Fsp3) is 1.00. The first-order valence-corrected chi connectivity index (χ1v) is 3.94. The molecule has 1 aliphatic rings. The Hall–Kier alpha value is -0.200. The lowest BCUT2D eigenvalue weighted by Gasteiger charge is -2.34. The van der Waals surface area contributed by atoms with Gasteiger partial charge >= 0.3 is 0 Å². The van der Waals surface area contributed by atoms with Gasteiger partial charge in [-0.2, -0.15) is 0 Å². The molecule has 1 saturated heterocycles. The molecule has 72 valence electrons. The molecule has 1 heterocycles. The Kier molecular flexibility index (Phi) is 3.42. The minimum atomic E-state index is -1.18. The van der Waals surface area contributed by atoms with Crippen LogP contribution in [0.2, 0.25) is 0 Å². The first kappa shape index (κ1) is 9.88. The lowest BCUT2D eigenvalue weighted by Crippen LogP contribution is -2.53. The molecule has 4 atom stereocenters. The third-order valence-electron chi connectivity index (χ3n) is 1.79. The largest absolute Gasteiger partial charge is 0.388 e. The van der Waals surface area contributed by atoms with Crippen molar-refractivity contribution in [1.29, 1.82) is 0 Å². The smallest absolute Gasteiger partial charge is 0.186 e. The van der Waals surface area contributed by atoms with Crippen molar-refractivity contribution < 1.29 is 24.8 Å². The summed E-state index contributed by atoms with van der Waals surface area (Å²) in [6, 6.07) is 0. The summed E-state index contributed by atoms with van der Waals surface area (Å²) in [5.74, 6) is 0. The van der Waals surface area contributed by atoms with Crippen LogP contribution in [0.5, 0.6) is 0 Å². The van der Waals surface area contributed by atoms with Gasteiger partial charge < -0.3 is 24.8 Å². The Bertz CT molecular complexity index is 140. The Morgan fingerprint density at radius 2 is 2.00 bits per heavy atom. The highest BCUT2D eigenvalue weighted by atomic mass is 16.7. The second-order valence-electron chi connectivity index (χ2n) is 2.71. The van der Waals surface area contributed by atoms with Gasteiger partial charge in [-0.05, 0) is 6.92 Å². The van der Waals surface area contributed by atoms with Gasteiger partial charge in [-0.25, -0.2) is 0 Å². The molecule has 0 aromatic carbocycles. The fourth-order valence-electron chi connectivity index (χ4n) is 1.09. The summed E-state index contributed by atoms with van der Waals surface area (Å²) >= 11 is 0. The fourth-order valence-corrected chi connectivity index (χ4v) is 1.09. The van der Waals surface area contributed by atoms with E-state index in [4.69, 9.17) is 14.6 Å². The normalized spacial score (nSPS) is 43.0. The Balaban J connectivity index is 2.46. The third-order valence-corrected chi connectivity index (χ3v) is 1.79. The molecule has 0 aromatic heterocycles. The molecular formula is C7H14O5. The third kappa shape index (κ3) is 1.94. The Morgan fingerprint density at radius 1 is 1.33 bits per heavy atom. The Morgan fingerprint density at radius 3 is 2.58 bits per heavy atom. The summed E-state index contributed by atoms with van der Waals surface area (Å²) in [6.07, 6.45) is -4.21. The van der Waals surface area contributed by atoms with Crippen LogP contribution in [0.1, 0.15) is 6.92 Å². The standard InChI is InChI=1S/C7H14O5/c1-2-11-7-6(10)5(9)4(8)3-12-7/h4-10H,2-3H2,1H3/t4-,5?,6?,7-/m1/s1. The van der Waals surface area contributed by atoms with Crippen LogP contribution in [0.3, 0.4) is 0 Å². The minimum Gasteiger partial charge on any atom is -0.388 e. The highest BCUT2D eigenvalue weighted by molar-refractivity contribution is 4.82. The molecule has 0 aliphatic carbocycles. The zero-order chi connectivity index (χ0) is 9.14. The summed E-state index contributed by atoms with van der Waals surface area (Å²) in [7, 11) is 0. The van der Waals surface area contributed by atoms with E-state index in [1.54, 1.807) is 6.92 Å². The number of rotatable bonds is 2. The van der Waals surface area contributed by atoms with E-state index in [1.165, 1.54) is 0 Å². The van der Waals surface area contributed by atoms with Crippen LogP contribution in [0.25, 0.3) is 0 Å². The SMILES string of the molecule is CCO[C@@H]1OC[C@@H](O)C(O)C1O. The number of aliphatic hydroxyl groups is 3. The molecule has 0 saturated carbocycles. The summed E-state index contributed by atoms with van der Waals surface area (Å²) in [5, 5.41) is 27.5. The topological polar surface area (TPSA) is 79.2 Å².